The zero-order valence-electron chi connectivity index (χ0n) is 15.2. The fourth-order valence-electron chi connectivity index (χ4n) is 2.87. The van der Waals surface area contributed by atoms with Crippen LogP contribution in [0.2, 0.25) is 0 Å². The average molecular weight is 350 g/mol. The molecular formula is C20H22N4O2. The van der Waals surface area contributed by atoms with E-state index in [0.29, 0.717) is 5.89 Å². The van der Waals surface area contributed by atoms with Crippen LogP contribution in [0.25, 0.3) is 6.08 Å². The number of hydrogen-bond donors (Lipinski definition) is 1. The van der Waals surface area contributed by atoms with Gasteiger partial charge in [0.25, 0.3) is 5.88 Å². The molecule has 6 nitrogen and oxygen atoms in total. The molecule has 134 valence electrons. The molecule has 0 amide bonds. The van der Waals surface area contributed by atoms with Gasteiger partial charge in [0.05, 0.1) is 6.21 Å². The summed E-state index contributed by atoms with van der Waals surface area (Å²) in [7, 11) is 0. The van der Waals surface area contributed by atoms with Crippen LogP contribution in [0.3, 0.4) is 0 Å². The summed E-state index contributed by atoms with van der Waals surface area (Å²) in [5, 5.41) is 13.5. The Bertz CT molecular complexity index is 872. The molecule has 1 aromatic carbocycles. The Hall–Kier alpha value is -3.07. The fourth-order valence-corrected chi connectivity index (χ4v) is 2.87. The number of hydrazone groups is 1. The van der Waals surface area contributed by atoms with E-state index in [0.717, 1.165) is 29.7 Å². The van der Waals surface area contributed by atoms with Crippen LogP contribution >= 0.6 is 0 Å². The van der Waals surface area contributed by atoms with Gasteiger partial charge >= 0.3 is 0 Å². The van der Waals surface area contributed by atoms with E-state index in [2.05, 4.69) is 29.4 Å². The first-order valence-electron chi connectivity index (χ1n) is 8.83. The highest BCUT2D eigenvalue weighted by Crippen LogP contribution is 2.29. The molecule has 1 aliphatic heterocycles. The Labute approximate surface area is 153 Å². The minimum atomic E-state index is -0.110. The third-order valence-electron chi connectivity index (χ3n) is 4.48. The molecule has 0 bridgehead atoms. The average Bonchev–Trinajstić information content (AvgIpc) is 3.06. The van der Waals surface area contributed by atoms with Crippen LogP contribution in [0.5, 0.6) is 5.75 Å². The SMILES string of the molecule is CCC(CC)c1nc(C#N)c(NN=CC2=Cc3ccccc3OC2C)o1. The Morgan fingerprint density at radius 3 is 2.85 bits per heavy atom. The molecule has 6 heteroatoms. The molecule has 0 aliphatic carbocycles. The van der Waals surface area contributed by atoms with Crippen LogP contribution in [-0.4, -0.2) is 17.3 Å². The topological polar surface area (TPSA) is 83.4 Å². The van der Waals surface area contributed by atoms with Gasteiger partial charge in [-0.25, -0.2) is 10.4 Å². The molecular weight excluding hydrogens is 328 g/mol. The van der Waals surface area contributed by atoms with E-state index in [1.54, 1.807) is 6.21 Å². The van der Waals surface area contributed by atoms with Crippen LogP contribution in [0.4, 0.5) is 5.88 Å². The van der Waals surface area contributed by atoms with Gasteiger partial charge in [0.15, 0.2) is 0 Å². The highest BCUT2D eigenvalue weighted by Gasteiger charge is 2.19. The van der Waals surface area contributed by atoms with Gasteiger partial charge in [0.2, 0.25) is 11.6 Å². The van der Waals surface area contributed by atoms with Crippen molar-refractivity contribution in [2.24, 2.45) is 5.10 Å². The predicted molar refractivity (Wildman–Crippen MR) is 101 cm³/mol. The Morgan fingerprint density at radius 1 is 1.35 bits per heavy atom. The third kappa shape index (κ3) is 3.62. The normalized spacial score (nSPS) is 16.1. The molecule has 1 atom stereocenters. The number of rotatable bonds is 6. The van der Waals surface area contributed by atoms with Crippen LogP contribution in [0.15, 0.2) is 39.4 Å². The number of fused-ring (bicyclic) bond motifs is 1. The second-order valence-corrected chi connectivity index (χ2v) is 6.17. The zero-order chi connectivity index (χ0) is 18.5. The number of nitriles is 1. The molecule has 26 heavy (non-hydrogen) atoms. The Morgan fingerprint density at radius 2 is 2.12 bits per heavy atom. The number of nitrogens with one attached hydrogen (secondary N) is 1. The number of benzene rings is 1. The van der Waals surface area contributed by atoms with Gasteiger partial charge in [-0.3, -0.25) is 0 Å². The maximum Gasteiger partial charge on any atom is 0.252 e. The minimum Gasteiger partial charge on any atom is -0.485 e. The molecule has 1 N–H and O–H groups in total. The van der Waals surface area contributed by atoms with Gasteiger partial charge in [-0.15, -0.1) is 0 Å². The van der Waals surface area contributed by atoms with Crippen molar-refractivity contribution in [2.75, 3.05) is 5.43 Å². The second kappa shape index (κ2) is 7.87. The Balaban J connectivity index is 1.77. The molecule has 0 radical (unpaired) electrons. The summed E-state index contributed by atoms with van der Waals surface area (Å²) in [5.41, 5.74) is 4.96. The van der Waals surface area contributed by atoms with Crippen LogP contribution < -0.4 is 10.2 Å². The lowest BCUT2D eigenvalue weighted by atomic mass is 10.0. The van der Waals surface area contributed by atoms with Gasteiger partial charge in [-0.2, -0.15) is 10.4 Å². The first-order valence-corrected chi connectivity index (χ1v) is 8.83. The summed E-state index contributed by atoms with van der Waals surface area (Å²) >= 11 is 0. The van der Waals surface area contributed by atoms with Gasteiger partial charge in [-0.1, -0.05) is 32.0 Å². The molecule has 0 saturated heterocycles. The zero-order valence-corrected chi connectivity index (χ0v) is 15.2. The summed E-state index contributed by atoms with van der Waals surface area (Å²) in [4.78, 5) is 4.28. The largest absolute Gasteiger partial charge is 0.485 e. The molecule has 1 unspecified atom stereocenters. The summed E-state index contributed by atoms with van der Waals surface area (Å²) < 4.78 is 11.6. The summed E-state index contributed by atoms with van der Waals surface area (Å²) in [6.07, 6.45) is 5.43. The number of ether oxygens (including phenoxy) is 1. The Kier molecular flexibility index (Phi) is 5.37. The molecule has 0 spiro atoms. The highest BCUT2D eigenvalue weighted by molar-refractivity contribution is 5.89. The highest BCUT2D eigenvalue weighted by atomic mass is 16.5. The van der Waals surface area contributed by atoms with E-state index >= 15 is 0 Å². The molecule has 2 aromatic rings. The monoisotopic (exact) mass is 350 g/mol. The van der Waals surface area contributed by atoms with Crippen LogP contribution in [-0.2, 0) is 0 Å². The number of anilines is 1. The molecule has 0 saturated carbocycles. The standard InChI is InChI=1S/C20H22N4O2/c1-4-14(5-2)19-23-17(11-21)20(26-19)24-22-12-16-10-15-8-6-7-9-18(15)25-13(16)3/h6-10,12-14,24H,4-5H2,1-3H3. The van der Waals surface area contributed by atoms with Gasteiger partial charge in [-0.05, 0) is 31.9 Å². The molecule has 1 aromatic heterocycles. The first kappa shape index (κ1) is 17.7. The van der Waals surface area contributed by atoms with Crippen molar-refractivity contribution in [3.63, 3.8) is 0 Å². The quantitative estimate of drug-likeness (QED) is 0.602. The van der Waals surface area contributed by atoms with Gasteiger partial charge in [0, 0.05) is 17.1 Å². The van der Waals surface area contributed by atoms with Crippen LogP contribution in [0, 0.1) is 11.3 Å². The smallest absolute Gasteiger partial charge is 0.252 e. The van der Waals surface area contributed by atoms with Crippen molar-refractivity contribution in [1.82, 2.24) is 4.98 Å². The maximum atomic E-state index is 9.26. The first-order chi connectivity index (χ1) is 12.7. The lowest BCUT2D eigenvalue weighted by Crippen LogP contribution is -2.19. The summed E-state index contributed by atoms with van der Waals surface area (Å²) in [6.45, 7) is 6.11. The van der Waals surface area contributed by atoms with Crippen molar-refractivity contribution >= 4 is 18.2 Å². The third-order valence-corrected chi connectivity index (χ3v) is 4.48. The van der Waals surface area contributed by atoms with E-state index in [1.165, 1.54) is 0 Å². The number of aromatic nitrogens is 1. The van der Waals surface area contributed by atoms with E-state index < -0.39 is 0 Å². The molecule has 0 fully saturated rings. The van der Waals surface area contributed by atoms with E-state index in [-0.39, 0.29) is 23.6 Å². The molecule has 2 heterocycles. The minimum absolute atomic E-state index is 0.110. The van der Waals surface area contributed by atoms with Crippen molar-refractivity contribution in [1.29, 1.82) is 5.26 Å². The van der Waals surface area contributed by atoms with E-state index in [9.17, 15) is 5.26 Å². The van der Waals surface area contributed by atoms with Crippen molar-refractivity contribution in [2.45, 2.75) is 45.6 Å². The van der Waals surface area contributed by atoms with E-state index in [4.69, 9.17) is 9.15 Å². The fraction of sp³-hybridized carbons (Fsp3) is 0.350. The second-order valence-electron chi connectivity index (χ2n) is 6.17. The van der Waals surface area contributed by atoms with Crippen LogP contribution in [0.1, 0.15) is 56.7 Å². The maximum absolute atomic E-state index is 9.26. The van der Waals surface area contributed by atoms with Crippen molar-refractivity contribution < 1.29 is 9.15 Å². The van der Waals surface area contributed by atoms with Crippen molar-refractivity contribution in [3.05, 3.63) is 47.0 Å². The van der Waals surface area contributed by atoms with E-state index in [1.807, 2.05) is 43.3 Å². The lowest BCUT2D eigenvalue weighted by Gasteiger charge is -2.22. The summed E-state index contributed by atoms with van der Waals surface area (Å²) in [5.74, 6) is 1.91. The number of nitrogens with zero attached hydrogens (tertiary/aromatic N) is 3. The van der Waals surface area contributed by atoms with Crippen molar-refractivity contribution in [3.8, 4) is 11.8 Å². The molecule has 3 rings (SSSR count). The van der Waals surface area contributed by atoms with Gasteiger partial charge in [0.1, 0.15) is 17.9 Å². The molecule has 1 aliphatic rings. The number of oxazole rings is 1. The lowest BCUT2D eigenvalue weighted by molar-refractivity contribution is 0.260. The number of hydrogen-bond acceptors (Lipinski definition) is 6. The predicted octanol–water partition coefficient (Wildman–Crippen LogP) is 4.71. The number of para-hydroxylation sites is 1. The summed E-state index contributed by atoms with van der Waals surface area (Å²) in [6, 6.07) is 9.91. The van der Waals surface area contributed by atoms with Gasteiger partial charge < -0.3 is 9.15 Å².